The van der Waals surface area contributed by atoms with Crippen molar-refractivity contribution in [1.29, 1.82) is 0 Å². The van der Waals surface area contributed by atoms with E-state index >= 15 is 0 Å². The summed E-state index contributed by atoms with van der Waals surface area (Å²) in [5.74, 6) is -2.89. The van der Waals surface area contributed by atoms with E-state index in [4.69, 9.17) is 0 Å². The third-order valence-corrected chi connectivity index (χ3v) is 3.38. The van der Waals surface area contributed by atoms with Gasteiger partial charge < -0.3 is 10.6 Å². The molecule has 0 saturated carbocycles. The normalized spacial score (nSPS) is 18.5. The predicted molar refractivity (Wildman–Crippen MR) is 68.1 cm³/mol. The number of nitrogens with one attached hydrogen (secondary N) is 2. The van der Waals surface area contributed by atoms with Gasteiger partial charge in [-0.3, -0.25) is 9.59 Å². The molecule has 1 atom stereocenters. The van der Waals surface area contributed by atoms with Crippen molar-refractivity contribution in [2.75, 3.05) is 5.32 Å². The second-order valence-corrected chi connectivity index (χ2v) is 5.11. The molecule has 0 aromatic heterocycles. The largest absolute Gasteiger partial charge is 0.344 e. The van der Waals surface area contributed by atoms with Gasteiger partial charge in [-0.15, -0.1) is 0 Å². The summed E-state index contributed by atoms with van der Waals surface area (Å²) < 4.78 is 24.3. The van der Waals surface area contributed by atoms with Crippen molar-refractivity contribution < 1.29 is 18.4 Å². The van der Waals surface area contributed by atoms with E-state index in [0.717, 1.165) is 0 Å². The monoisotopic (exact) mass is 286 g/mol. The fourth-order valence-corrected chi connectivity index (χ4v) is 2.26. The summed E-state index contributed by atoms with van der Waals surface area (Å²) in [5.41, 5.74) is 0.518. The fraction of sp³-hybridized carbons (Fsp3) is 0.333. The first kappa shape index (κ1) is 13.8. The molecule has 2 amide bonds. The third kappa shape index (κ3) is 3.92. The SMILES string of the molecule is O=C1CCC(C(=O)Nc2ccc(SC(F)F)cc2)N1. The summed E-state index contributed by atoms with van der Waals surface area (Å²) >= 11 is 0.449. The number of anilines is 1. The quantitative estimate of drug-likeness (QED) is 0.834. The Balaban J connectivity index is 1.92. The molecule has 1 aliphatic rings. The molecule has 1 aliphatic heterocycles. The average Bonchev–Trinajstić information content (AvgIpc) is 2.78. The third-order valence-electron chi connectivity index (χ3n) is 2.66. The molecule has 1 unspecified atom stereocenters. The molecule has 7 heteroatoms. The molecule has 1 aromatic rings. The number of alkyl halides is 2. The van der Waals surface area contributed by atoms with Crippen LogP contribution in [0, 0.1) is 0 Å². The van der Waals surface area contributed by atoms with Crippen LogP contribution in [0.1, 0.15) is 12.8 Å². The van der Waals surface area contributed by atoms with Crippen molar-refractivity contribution in [3.63, 3.8) is 0 Å². The van der Waals surface area contributed by atoms with E-state index in [9.17, 15) is 18.4 Å². The van der Waals surface area contributed by atoms with E-state index in [1.807, 2.05) is 0 Å². The summed E-state index contributed by atoms with van der Waals surface area (Å²) in [6, 6.07) is 5.63. The lowest BCUT2D eigenvalue weighted by molar-refractivity contribution is -0.122. The van der Waals surface area contributed by atoms with E-state index in [1.54, 1.807) is 12.1 Å². The lowest BCUT2D eigenvalue weighted by atomic mass is 10.2. The summed E-state index contributed by atoms with van der Waals surface area (Å²) in [6.45, 7) is 0. The number of benzene rings is 1. The van der Waals surface area contributed by atoms with Crippen molar-refractivity contribution in [3.8, 4) is 0 Å². The molecule has 0 radical (unpaired) electrons. The van der Waals surface area contributed by atoms with Gasteiger partial charge in [0.2, 0.25) is 11.8 Å². The Morgan fingerprint density at radius 1 is 1.37 bits per heavy atom. The van der Waals surface area contributed by atoms with Crippen LogP contribution in [0.2, 0.25) is 0 Å². The molecule has 1 saturated heterocycles. The number of carbonyl (C=O) groups excluding carboxylic acids is 2. The van der Waals surface area contributed by atoms with Crippen LogP contribution in [-0.2, 0) is 9.59 Å². The minimum absolute atomic E-state index is 0.135. The first-order chi connectivity index (χ1) is 9.04. The van der Waals surface area contributed by atoms with Crippen LogP contribution < -0.4 is 10.6 Å². The van der Waals surface area contributed by atoms with Crippen molar-refractivity contribution in [1.82, 2.24) is 5.32 Å². The van der Waals surface area contributed by atoms with Crippen molar-refractivity contribution >= 4 is 29.3 Å². The molecule has 4 nitrogen and oxygen atoms in total. The van der Waals surface area contributed by atoms with Crippen LogP contribution in [0.15, 0.2) is 29.2 Å². The highest BCUT2D eigenvalue weighted by molar-refractivity contribution is 7.99. The van der Waals surface area contributed by atoms with Gasteiger partial charge in [0.25, 0.3) is 5.76 Å². The van der Waals surface area contributed by atoms with Gasteiger partial charge in [-0.25, -0.2) is 0 Å². The molecular formula is C12H12F2N2O2S. The number of carbonyl (C=O) groups is 2. The molecular weight excluding hydrogens is 274 g/mol. The molecule has 19 heavy (non-hydrogen) atoms. The smallest absolute Gasteiger partial charge is 0.288 e. The summed E-state index contributed by atoms with van der Waals surface area (Å²) in [5, 5.41) is 5.19. The number of amides is 2. The summed E-state index contributed by atoms with van der Waals surface area (Å²) in [7, 11) is 0. The number of hydrogen-bond donors (Lipinski definition) is 2. The standard InChI is InChI=1S/C12H12F2N2O2S/c13-12(14)19-8-3-1-7(2-4-8)15-11(18)9-5-6-10(17)16-9/h1-4,9,12H,5-6H2,(H,15,18)(H,16,17). The van der Waals surface area contributed by atoms with E-state index in [0.29, 0.717) is 35.2 Å². The Morgan fingerprint density at radius 3 is 2.58 bits per heavy atom. The van der Waals surface area contributed by atoms with Gasteiger partial charge in [0.05, 0.1) is 0 Å². The van der Waals surface area contributed by atoms with Gasteiger partial charge in [-0.1, -0.05) is 11.8 Å². The van der Waals surface area contributed by atoms with E-state index in [2.05, 4.69) is 10.6 Å². The molecule has 1 heterocycles. The zero-order valence-corrected chi connectivity index (χ0v) is 10.7. The molecule has 0 aliphatic carbocycles. The van der Waals surface area contributed by atoms with Crippen molar-refractivity contribution in [2.24, 2.45) is 0 Å². The Morgan fingerprint density at radius 2 is 2.05 bits per heavy atom. The van der Waals surface area contributed by atoms with Crippen LogP contribution in [0.25, 0.3) is 0 Å². The van der Waals surface area contributed by atoms with Crippen LogP contribution in [0.3, 0.4) is 0 Å². The number of hydrogen-bond acceptors (Lipinski definition) is 3. The molecule has 0 bridgehead atoms. The highest BCUT2D eigenvalue weighted by atomic mass is 32.2. The van der Waals surface area contributed by atoms with E-state index < -0.39 is 11.8 Å². The topological polar surface area (TPSA) is 58.2 Å². The minimum atomic E-state index is -2.46. The first-order valence-electron chi connectivity index (χ1n) is 5.70. The van der Waals surface area contributed by atoms with Crippen LogP contribution in [0.5, 0.6) is 0 Å². The maximum atomic E-state index is 12.1. The Labute approximate surface area is 112 Å². The Kier molecular flexibility index (Phi) is 4.36. The van der Waals surface area contributed by atoms with Crippen LogP contribution in [-0.4, -0.2) is 23.6 Å². The molecule has 1 aromatic carbocycles. The summed E-state index contributed by atoms with van der Waals surface area (Å²) in [6.07, 6.45) is 0.825. The highest BCUT2D eigenvalue weighted by Gasteiger charge is 2.27. The first-order valence-corrected chi connectivity index (χ1v) is 6.57. The molecule has 1 fully saturated rings. The summed E-state index contributed by atoms with van der Waals surface area (Å²) in [4.78, 5) is 23.2. The van der Waals surface area contributed by atoms with Gasteiger partial charge in [-0.2, -0.15) is 8.78 Å². The Hall–Kier alpha value is -1.63. The lowest BCUT2D eigenvalue weighted by Gasteiger charge is -2.11. The zero-order valence-electron chi connectivity index (χ0n) is 9.86. The van der Waals surface area contributed by atoms with Crippen molar-refractivity contribution in [2.45, 2.75) is 29.5 Å². The lowest BCUT2D eigenvalue weighted by Crippen LogP contribution is -2.37. The van der Waals surface area contributed by atoms with E-state index in [1.165, 1.54) is 12.1 Å². The Bertz CT molecular complexity index is 479. The minimum Gasteiger partial charge on any atom is -0.344 e. The molecule has 2 N–H and O–H groups in total. The molecule has 0 spiro atoms. The second kappa shape index (κ2) is 6.01. The fourth-order valence-electron chi connectivity index (χ4n) is 1.76. The second-order valence-electron chi connectivity index (χ2n) is 4.05. The zero-order chi connectivity index (χ0) is 13.8. The number of thioether (sulfide) groups is 1. The van der Waals surface area contributed by atoms with Crippen LogP contribution >= 0.6 is 11.8 Å². The average molecular weight is 286 g/mol. The van der Waals surface area contributed by atoms with Gasteiger partial charge in [-0.05, 0) is 30.7 Å². The number of rotatable bonds is 4. The number of halogens is 2. The predicted octanol–water partition coefficient (Wildman–Crippen LogP) is 2.22. The van der Waals surface area contributed by atoms with E-state index in [-0.39, 0.29) is 11.8 Å². The van der Waals surface area contributed by atoms with Gasteiger partial charge in [0.15, 0.2) is 0 Å². The van der Waals surface area contributed by atoms with Gasteiger partial charge in [0, 0.05) is 17.0 Å². The maximum Gasteiger partial charge on any atom is 0.288 e. The molecule has 2 rings (SSSR count). The van der Waals surface area contributed by atoms with Crippen molar-refractivity contribution in [3.05, 3.63) is 24.3 Å². The maximum absolute atomic E-state index is 12.1. The van der Waals surface area contributed by atoms with Gasteiger partial charge in [0.1, 0.15) is 6.04 Å². The van der Waals surface area contributed by atoms with Gasteiger partial charge >= 0.3 is 0 Å². The molecule has 102 valence electrons. The highest BCUT2D eigenvalue weighted by Crippen LogP contribution is 2.26. The van der Waals surface area contributed by atoms with Crippen LogP contribution in [0.4, 0.5) is 14.5 Å².